The molecular weight excluding hydrogens is 374 g/mol. The topological polar surface area (TPSA) is 76.3 Å². The third-order valence-electron chi connectivity index (χ3n) is 5.40. The molecular formula is C21H23N3O3S. The van der Waals surface area contributed by atoms with E-state index in [2.05, 4.69) is 10.1 Å². The number of hydrogen-bond donors (Lipinski definition) is 0. The van der Waals surface area contributed by atoms with Crippen molar-refractivity contribution in [3.8, 4) is 11.5 Å². The quantitative estimate of drug-likeness (QED) is 0.667. The molecule has 2 heterocycles. The zero-order chi connectivity index (χ0) is 19.7. The van der Waals surface area contributed by atoms with Crippen LogP contribution in [0.25, 0.3) is 11.5 Å². The fraction of sp³-hybridized carbons (Fsp3) is 0.333. The van der Waals surface area contributed by atoms with E-state index in [1.165, 1.54) is 0 Å². The Bertz CT molecular complexity index is 1070. The summed E-state index contributed by atoms with van der Waals surface area (Å²) in [5.74, 6) is 1.26. The normalized spacial score (nSPS) is 16.4. The molecule has 2 aromatic carbocycles. The van der Waals surface area contributed by atoms with Crippen LogP contribution in [0, 0.1) is 13.8 Å². The Morgan fingerprint density at radius 3 is 2.39 bits per heavy atom. The molecule has 0 N–H and O–H groups in total. The van der Waals surface area contributed by atoms with Gasteiger partial charge in [0.2, 0.25) is 10.0 Å². The number of rotatable bonds is 4. The first-order valence-electron chi connectivity index (χ1n) is 9.41. The minimum absolute atomic E-state index is 0.104. The molecule has 0 radical (unpaired) electrons. The number of piperidine rings is 1. The number of nitrogens with zero attached hydrogens (tertiary/aromatic N) is 3. The van der Waals surface area contributed by atoms with Crippen LogP contribution in [0.2, 0.25) is 0 Å². The number of aromatic nitrogens is 2. The van der Waals surface area contributed by atoms with Crippen molar-refractivity contribution in [1.82, 2.24) is 14.4 Å². The third kappa shape index (κ3) is 3.59. The predicted molar refractivity (Wildman–Crippen MR) is 106 cm³/mol. The lowest BCUT2D eigenvalue weighted by atomic mass is 9.97. The summed E-state index contributed by atoms with van der Waals surface area (Å²) in [6, 6.07) is 14.9. The molecule has 1 aromatic heterocycles. The minimum Gasteiger partial charge on any atom is -0.334 e. The predicted octanol–water partition coefficient (Wildman–Crippen LogP) is 3.92. The maximum atomic E-state index is 13.0. The molecule has 0 saturated carbocycles. The van der Waals surface area contributed by atoms with Crippen LogP contribution in [-0.4, -0.2) is 36.0 Å². The van der Waals surface area contributed by atoms with Gasteiger partial charge in [0.15, 0.2) is 5.82 Å². The molecule has 28 heavy (non-hydrogen) atoms. The monoisotopic (exact) mass is 397 g/mol. The lowest BCUT2D eigenvalue weighted by molar-refractivity contribution is 0.307. The van der Waals surface area contributed by atoms with Crippen molar-refractivity contribution in [2.24, 2.45) is 0 Å². The highest BCUT2D eigenvalue weighted by Gasteiger charge is 2.32. The van der Waals surface area contributed by atoms with Gasteiger partial charge in [-0.05, 0) is 62.1 Å². The number of benzene rings is 2. The zero-order valence-corrected chi connectivity index (χ0v) is 16.8. The van der Waals surface area contributed by atoms with Gasteiger partial charge in [0, 0.05) is 24.6 Å². The second-order valence-electron chi connectivity index (χ2n) is 7.25. The molecule has 1 aliphatic heterocycles. The first kappa shape index (κ1) is 18.8. The lowest BCUT2D eigenvalue weighted by Crippen LogP contribution is -2.38. The molecule has 1 aliphatic rings. The Balaban J connectivity index is 1.46. The second-order valence-corrected chi connectivity index (χ2v) is 9.19. The van der Waals surface area contributed by atoms with Crippen LogP contribution in [-0.2, 0) is 10.0 Å². The number of aryl methyl sites for hydroxylation is 2. The molecule has 0 aliphatic carbocycles. The van der Waals surface area contributed by atoms with Crippen LogP contribution in [0.4, 0.5) is 0 Å². The third-order valence-corrected chi connectivity index (χ3v) is 7.29. The van der Waals surface area contributed by atoms with E-state index < -0.39 is 10.0 Å². The van der Waals surface area contributed by atoms with Crippen molar-refractivity contribution in [3.05, 3.63) is 65.5 Å². The van der Waals surface area contributed by atoms with E-state index in [-0.39, 0.29) is 5.92 Å². The van der Waals surface area contributed by atoms with Gasteiger partial charge in [0.25, 0.3) is 5.89 Å². The average molecular weight is 398 g/mol. The standard InChI is InChI=1S/C21H23N3O3S/c1-15-8-9-19(14-16(15)2)28(25,26)24-12-10-17(11-13-24)20-22-21(27-23-20)18-6-4-3-5-7-18/h3-9,14,17H,10-13H2,1-2H3. The maximum absolute atomic E-state index is 13.0. The first-order chi connectivity index (χ1) is 13.4. The van der Waals surface area contributed by atoms with Gasteiger partial charge in [-0.2, -0.15) is 9.29 Å². The van der Waals surface area contributed by atoms with Crippen molar-refractivity contribution in [3.63, 3.8) is 0 Å². The first-order valence-corrected chi connectivity index (χ1v) is 10.9. The van der Waals surface area contributed by atoms with Gasteiger partial charge in [0.05, 0.1) is 4.90 Å². The van der Waals surface area contributed by atoms with Gasteiger partial charge >= 0.3 is 0 Å². The van der Waals surface area contributed by atoms with Crippen LogP contribution < -0.4 is 0 Å². The van der Waals surface area contributed by atoms with E-state index in [9.17, 15) is 8.42 Å². The highest BCUT2D eigenvalue weighted by atomic mass is 32.2. The van der Waals surface area contributed by atoms with E-state index in [0.717, 1.165) is 16.7 Å². The smallest absolute Gasteiger partial charge is 0.257 e. The molecule has 4 rings (SSSR count). The Morgan fingerprint density at radius 2 is 1.71 bits per heavy atom. The molecule has 0 bridgehead atoms. The van der Waals surface area contributed by atoms with Crippen molar-refractivity contribution in [1.29, 1.82) is 0 Å². The number of sulfonamides is 1. The van der Waals surface area contributed by atoms with Crippen molar-refractivity contribution in [2.45, 2.75) is 37.5 Å². The Kier molecular flexibility index (Phi) is 5.03. The highest BCUT2D eigenvalue weighted by molar-refractivity contribution is 7.89. The highest BCUT2D eigenvalue weighted by Crippen LogP contribution is 2.31. The molecule has 3 aromatic rings. The molecule has 1 saturated heterocycles. The summed E-state index contributed by atoms with van der Waals surface area (Å²) in [7, 11) is -3.48. The maximum Gasteiger partial charge on any atom is 0.257 e. The number of hydrogen-bond acceptors (Lipinski definition) is 5. The molecule has 1 fully saturated rings. The van der Waals surface area contributed by atoms with E-state index >= 15 is 0 Å². The van der Waals surface area contributed by atoms with Crippen LogP contribution in [0.5, 0.6) is 0 Å². The lowest BCUT2D eigenvalue weighted by Gasteiger charge is -2.29. The molecule has 0 amide bonds. The Labute approximate surface area is 165 Å². The van der Waals surface area contributed by atoms with Gasteiger partial charge in [-0.3, -0.25) is 0 Å². The zero-order valence-electron chi connectivity index (χ0n) is 16.0. The van der Waals surface area contributed by atoms with Crippen LogP contribution in [0.1, 0.15) is 35.7 Å². The molecule has 0 spiro atoms. The van der Waals surface area contributed by atoms with Crippen LogP contribution >= 0.6 is 0 Å². The average Bonchev–Trinajstić information content (AvgIpc) is 3.21. The van der Waals surface area contributed by atoms with Gasteiger partial charge in [-0.15, -0.1) is 0 Å². The molecule has 146 valence electrons. The van der Waals surface area contributed by atoms with E-state index in [0.29, 0.717) is 42.5 Å². The van der Waals surface area contributed by atoms with Crippen LogP contribution in [0.3, 0.4) is 0 Å². The fourth-order valence-electron chi connectivity index (χ4n) is 3.48. The molecule has 6 nitrogen and oxygen atoms in total. The van der Waals surface area contributed by atoms with E-state index in [1.54, 1.807) is 16.4 Å². The summed E-state index contributed by atoms with van der Waals surface area (Å²) in [5, 5.41) is 4.13. The summed E-state index contributed by atoms with van der Waals surface area (Å²) in [4.78, 5) is 4.89. The largest absolute Gasteiger partial charge is 0.334 e. The summed E-state index contributed by atoms with van der Waals surface area (Å²) in [6.07, 6.45) is 1.36. The summed E-state index contributed by atoms with van der Waals surface area (Å²) in [6.45, 7) is 4.82. The van der Waals surface area contributed by atoms with Crippen molar-refractivity contribution >= 4 is 10.0 Å². The van der Waals surface area contributed by atoms with Gasteiger partial charge in [-0.1, -0.05) is 29.4 Å². The SMILES string of the molecule is Cc1ccc(S(=O)(=O)N2CCC(c3noc(-c4ccccc4)n3)CC2)cc1C. The van der Waals surface area contributed by atoms with Gasteiger partial charge in [0.1, 0.15) is 0 Å². The van der Waals surface area contributed by atoms with Crippen molar-refractivity contribution < 1.29 is 12.9 Å². The van der Waals surface area contributed by atoms with Gasteiger partial charge < -0.3 is 4.52 Å². The molecule has 0 unspecified atom stereocenters. The minimum atomic E-state index is -3.48. The van der Waals surface area contributed by atoms with Crippen molar-refractivity contribution in [2.75, 3.05) is 13.1 Å². The Morgan fingerprint density at radius 1 is 1.00 bits per heavy atom. The van der Waals surface area contributed by atoms with E-state index in [4.69, 9.17) is 4.52 Å². The fourth-order valence-corrected chi connectivity index (χ4v) is 5.03. The molecule has 7 heteroatoms. The molecule has 0 atom stereocenters. The summed E-state index contributed by atoms with van der Waals surface area (Å²) >= 11 is 0. The Hall–Kier alpha value is -2.51. The second kappa shape index (κ2) is 7.48. The van der Waals surface area contributed by atoms with Crippen LogP contribution in [0.15, 0.2) is 57.9 Å². The summed E-state index contributed by atoms with van der Waals surface area (Å²) in [5.41, 5.74) is 2.95. The summed E-state index contributed by atoms with van der Waals surface area (Å²) < 4.78 is 32.9. The van der Waals surface area contributed by atoms with Gasteiger partial charge in [-0.25, -0.2) is 8.42 Å². The van der Waals surface area contributed by atoms with E-state index in [1.807, 2.05) is 50.2 Å².